The van der Waals surface area contributed by atoms with Crippen LogP contribution in [0.5, 0.6) is 0 Å². The fourth-order valence-electron chi connectivity index (χ4n) is 4.08. The fraction of sp³-hybridized carbons (Fsp3) is 0.250. The maximum absolute atomic E-state index is 13.0. The molecule has 1 aliphatic heterocycles. The SMILES string of the molecule is C[C@@H](NC(=O)OC(C)(C)C)c1ccc(N=C(c2ccccc2)C2C(=O)Nc3ccc([N+](=O)[O-])cc32)cc1. The minimum Gasteiger partial charge on any atom is -0.444 e. The number of non-ortho nitro benzene ring substituents is 1. The van der Waals surface area contributed by atoms with Crippen LogP contribution in [0, 0.1) is 10.1 Å². The van der Waals surface area contributed by atoms with Gasteiger partial charge < -0.3 is 15.4 Å². The van der Waals surface area contributed by atoms with E-state index in [4.69, 9.17) is 9.73 Å². The molecule has 190 valence electrons. The number of carbonyl (C=O) groups excluding carboxylic acids is 2. The second-order valence-corrected chi connectivity index (χ2v) is 9.77. The molecule has 0 saturated carbocycles. The molecule has 0 aromatic heterocycles. The summed E-state index contributed by atoms with van der Waals surface area (Å²) >= 11 is 0. The summed E-state index contributed by atoms with van der Waals surface area (Å²) in [5.41, 5.74) is 3.00. The lowest BCUT2D eigenvalue weighted by Gasteiger charge is -2.22. The topological polar surface area (TPSA) is 123 Å². The van der Waals surface area contributed by atoms with Crippen molar-refractivity contribution in [2.45, 2.75) is 45.3 Å². The zero-order valence-electron chi connectivity index (χ0n) is 21.0. The van der Waals surface area contributed by atoms with Crippen LogP contribution >= 0.6 is 0 Å². The van der Waals surface area contributed by atoms with E-state index < -0.39 is 22.5 Å². The normalized spacial score (nSPS) is 15.9. The van der Waals surface area contributed by atoms with E-state index in [1.54, 1.807) is 39.0 Å². The molecule has 2 N–H and O–H groups in total. The molecule has 0 aliphatic carbocycles. The molecule has 3 aromatic rings. The third kappa shape index (κ3) is 6.00. The number of alkyl carbamates (subject to hydrolysis) is 1. The molecule has 9 nitrogen and oxygen atoms in total. The number of fused-ring (bicyclic) bond motifs is 1. The maximum atomic E-state index is 13.0. The fourth-order valence-corrected chi connectivity index (χ4v) is 4.08. The summed E-state index contributed by atoms with van der Waals surface area (Å²) in [4.78, 5) is 40.9. The number of benzene rings is 3. The van der Waals surface area contributed by atoms with Gasteiger partial charge in [-0.25, -0.2) is 4.79 Å². The van der Waals surface area contributed by atoms with Crippen LogP contribution in [-0.2, 0) is 9.53 Å². The Kier molecular flexibility index (Phi) is 7.06. The molecule has 1 unspecified atom stereocenters. The van der Waals surface area contributed by atoms with Gasteiger partial charge in [0.1, 0.15) is 11.5 Å². The second-order valence-electron chi connectivity index (χ2n) is 9.77. The first-order valence-electron chi connectivity index (χ1n) is 11.8. The first-order valence-corrected chi connectivity index (χ1v) is 11.8. The smallest absolute Gasteiger partial charge is 0.408 e. The highest BCUT2D eigenvalue weighted by Gasteiger charge is 2.36. The maximum Gasteiger partial charge on any atom is 0.408 e. The van der Waals surface area contributed by atoms with E-state index in [1.807, 2.05) is 49.4 Å². The van der Waals surface area contributed by atoms with Crippen molar-refractivity contribution in [1.82, 2.24) is 5.32 Å². The highest BCUT2D eigenvalue weighted by Crippen LogP contribution is 2.38. The van der Waals surface area contributed by atoms with E-state index >= 15 is 0 Å². The van der Waals surface area contributed by atoms with Crippen molar-refractivity contribution < 1.29 is 19.2 Å². The lowest BCUT2D eigenvalue weighted by Crippen LogP contribution is -2.34. The third-order valence-electron chi connectivity index (χ3n) is 5.80. The van der Waals surface area contributed by atoms with Crippen LogP contribution in [0.25, 0.3) is 0 Å². The van der Waals surface area contributed by atoms with Gasteiger partial charge in [-0.1, -0.05) is 42.5 Å². The van der Waals surface area contributed by atoms with E-state index in [0.717, 1.165) is 11.1 Å². The van der Waals surface area contributed by atoms with Crippen molar-refractivity contribution in [2.24, 2.45) is 4.99 Å². The number of nitro benzene ring substituents is 1. The Morgan fingerprint density at radius 2 is 1.76 bits per heavy atom. The summed E-state index contributed by atoms with van der Waals surface area (Å²) in [7, 11) is 0. The molecule has 9 heteroatoms. The molecule has 37 heavy (non-hydrogen) atoms. The first kappa shape index (κ1) is 25.6. The van der Waals surface area contributed by atoms with Crippen LogP contribution in [0.1, 0.15) is 56.3 Å². The molecule has 0 spiro atoms. The number of nitrogens with zero attached hydrogens (tertiary/aromatic N) is 2. The largest absolute Gasteiger partial charge is 0.444 e. The quantitative estimate of drug-likeness (QED) is 0.243. The number of anilines is 1. The number of amides is 2. The minimum absolute atomic E-state index is 0.0940. The molecular formula is C28H28N4O5. The highest BCUT2D eigenvalue weighted by molar-refractivity contribution is 6.24. The van der Waals surface area contributed by atoms with E-state index in [2.05, 4.69) is 10.6 Å². The standard InChI is InChI=1S/C28H28N4O5/c1-17(29-27(34)37-28(2,3)4)18-10-12-20(13-11-18)30-25(19-8-6-5-7-9-19)24-22-16-21(32(35)36)14-15-23(22)31-26(24)33/h5-17,24H,1-4H3,(H,29,34)(H,31,33)/t17-,24?/m1/s1. The van der Waals surface area contributed by atoms with E-state index in [9.17, 15) is 19.7 Å². The number of ether oxygens (including phenoxy) is 1. The molecule has 2 atom stereocenters. The molecule has 4 rings (SSSR count). The number of rotatable bonds is 6. The number of nitrogens with one attached hydrogen (secondary N) is 2. The molecule has 2 amide bonds. The van der Waals surface area contributed by atoms with Gasteiger partial charge in [0.15, 0.2) is 0 Å². The van der Waals surface area contributed by atoms with Gasteiger partial charge in [-0.05, 0) is 57.0 Å². The number of aliphatic imine (C=N–C) groups is 1. The van der Waals surface area contributed by atoms with Crippen LogP contribution in [0.4, 0.5) is 21.9 Å². The summed E-state index contributed by atoms with van der Waals surface area (Å²) in [6.07, 6.45) is -0.506. The van der Waals surface area contributed by atoms with Gasteiger partial charge in [0, 0.05) is 23.4 Å². The van der Waals surface area contributed by atoms with Crippen LogP contribution in [0.2, 0.25) is 0 Å². The van der Waals surface area contributed by atoms with Gasteiger partial charge >= 0.3 is 6.09 Å². The molecule has 0 radical (unpaired) electrons. The first-order chi connectivity index (χ1) is 17.5. The average Bonchev–Trinajstić information content (AvgIpc) is 3.16. The Morgan fingerprint density at radius 3 is 2.38 bits per heavy atom. The Labute approximate surface area is 214 Å². The van der Waals surface area contributed by atoms with Crippen molar-refractivity contribution in [3.8, 4) is 0 Å². The number of nitro groups is 1. The van der Waals surface area contributed by atoms with E-state index in [-0.39, 0.29) is 17.6 Å². The van der Waals surface area contributed by atoms with E-state index in [0.29, 0.717) is 22.6 Å². The van der Waals surface area contributed by atoms with Crippen LogP contribution in [-0.4, -0.2) is 28.2 Å². The lowest BCUT2D eigenvalue weighted by molar-refractivity contribution is -0.384. The average molecular weight is 501 g/mol. The summed E-state index contributed by atoms with van der Waals surface area (Å²) in [5.74, 6) is -1.12. The summed E-state index contributed by atoms with van der Waals surface area (Å²) < 4.78 is 5.32. The van der Waals surface area contributed by atoms with Crippen molar-refractivity contribution in [3.05, 3.63) is 99.6 Å². The van der Waals surface area contributed by atoms with Crippen LogP contribution in [0.15, 0.2) is 77.8 Å². The van der Waals surface area contributed by atoms with E-state index in [1.165, 1.54) is 12.1 Å². The molecule has 0 saturated heterocycles. The summed E-state index contributed by atoms with van der Waals surface area (Å²) in [6, 6.07) is 20.6. The lowest BCUT2D eigenvalue weighted by atomic mass is 9.90. The Balaban J connectivity index is 1.67. The van der Waals surface area contributed by atoms with Gasteiger partial charge in [-0.3, -0.25) is 19.9 Å². The van der Waals surface area contributed by atoms with Crippen molar-refractivity contribution in [3.63, 3.8) is 0 Å². The zero-order chi connectivity index (χ0) is 26.7. The Hall–Kier alpha value is -4.53. The van der Waals surface area contributed by atoms with Gasteiger partial charge in [0.25, 0.3) is 5.69 Å². The summed E-state index contributed by atoms with van der Waals surface area (Å²) in [6.45, 7) is 7.25. The third-order valence-corrected chi connectivity index (χ3v) is 5.80. The number of hydrogen-bond donors (Lipinski definition) is 2. The van der Waals surface area contributed by atoms with Crippen molar-refractivity contribution in [2.75, 3.05) is 5.32 Å². The monoisotopic (exact) mass is 500 g/mol. The number of carbonyl (C=O) groups is 2. The van der Waals surface area contributed by atoms with Gasteiger partial charge in [0.05, 0.1) is 22.4 Å². The van der Waals surface area contributed by atoms with Crippen LogP contribution < -0.4 is 10.6 Å². The Bertz CT molecular complexity index is 1360. The summed E-state index contributed by atoms with van der Waals surface area (Å²) in [5, 5.41) is 17.0. The van der Waals surface area contributed by atoms with Gasteiger partial charge in [0.2, 0.25) is 5.91 Å². The molecule has 1 heterocycles. The predicted octanol–water partition coefficient (Wildman–Crippen LogP) is 6.04. The van der Waals surface area contributed by atoms with Crippen molar-refractivity contribution in [1.29, 1.82) is 0 Å². The molecule has 1 aliphatic rings. The van der Waals surface area contributed by atoms with Crippen LogP contribution in [0.3, 0.4) is 0 Å². The highest BCUT2D eigenvalue weighted by atomic mass is 16.6. The van der Waals surface area contributed by atoms with Gasteiger partial charge in [-0.2, -0.15) is 0 Å². The molecule has 0 fully saturated rings. The Morgan fingerprint density at radius 1 is 1.08 bits per heavy atom. The minimum atomic E-state index is -0.815. The van der Waals surface area contributed by atoms with Crippen molar-refractivity contribution >= 4 is 34.8 Å². The molecule has 0 bridgehead atoms. The predicted molar refractivity (Wildman–Crippen MR) is 141 cm³/mol. The second kappa shape index (κ2) is 10.2. The molecular weight excluding hydrogens is 472 g/mol. The number of hydrogen-bond acceptors (Lipinski definition) is 6. The zero-order valence-corrected chi connectivity index (χ0v) is 21.0. The van der Waals surface area contributed by atoms with Gasteiger partial charge in [-0.15, -0.1) is 0 Å². The molecule has 3 aromatic carbocycles.